The van der Waals surface area contributed by atoms with E-state index in [4.69, 9.17) is 0 Å². The van der Waals surface area contributed by atoms with Crippen LogP contribution in [0.4, 0.5) is 10.2 Å². The number of nitrogens with one attached hydrogen (secondary N) is 1. The van der Waals surface area contributed by atoms with Crippen LogP contribution in [0.2, 0.25) is 0 Å². The predicted molar refractivity (Wildman–Crippen MR) is 58.9 cm³/mol. The van der Waals surface area contributed by atoms with Crippen LogP contribution in [0.3, 0.4) is 0 Å². The van der Waals surface area contributed by atoms with E-state index in [9.17, 15) is 4.39 Å². The summed E-state index contributed by atoms with van der Waals surface area (Å²) < 4.78 is 14.2. The van der Waals surface area contributed by atoms with E-state index in [1.165, 1.54) is 6.07 Å². The van der Waals surface area contributed by atoms with Gasteiger partial charge in [-0.05, 0) is 18.2 Å². The maximum Gasteiger partial charge on any atom is 0.134 e. The zero-order chi connectivity index (χ0) is 10.1. The smallest absolute Gasteiger partial charge is 0.134 e. The zero-order valence-electron chi connectivity index (χ0n) is 7.51. The molecule has 0 spiro atoms. The lowest BCUT2D eigenvalue weighted by atomic mass is 10.1. The Morgan fingerprint density at radius 2 is 2.14 bits per heavy atom. The van der Waals surface area contributed by atoms with Crippen LogP contribution in [0.5, 0.6) is 0 Å². The average Bonchev–Trinajstić information content (AvgIpc) is 2.23. The van der Waals surface area contributed by atoms with E-state index in [1.807, 2.05) is 0 Å². The molecule has 2 aromatic rings. The molecule has 2 nitrogen and oxygen atoms in total. The molecule has 2 rings (SSSR count). The van der Waals surface area contributed by atoms with Gasteiger partial charge in [-0.2, -0.15) is 0 Å². The summed E-state index contributed by atoms with van der Waals surface area (Å²) in [5.41, 5.74) is 0. The highest BCUT2D eigenvalue weighted by atomic mass is 79.9. The molecule has 0 saturated heterocycles. The fraction of sp³-hybridized carbons (Fsp3) is 0.100. The lowest BCUT2D eigenvalue weighted by Crippen LogP contribution is -1.94. The van der Waals surface area contributed by atoms with Crippen LogP contribution >= 0.6 is 15.9 Å². The van der Waals surface area contributed by atoms with Crippen molar-refractivity contribution in [3.63, 3.8) is 0 Å². The van der Waals surface area contributed by atoms with E-state index in [2.05, 4.69) is 26.2 Å². The topological polar surface area (TPSA) is 24.9 Å². The minimum atomic E-state index is -0.234. The number of hydrogen-bond donors (Lipinski definition) is 1. The second-order valence-electron chi connectivity index (χ2n) is 2.86. The number of pyridine rings is 1. The average molecular weight is 255 g/mol. The van der Waals surface area contributed by atoms with Gasteiger partial charge in [0, 0.05) is 28.5 Å². The molecule has 0 unspecified atom stereocenters. The van der Waals surface area contributed by atoms with Gasteiger partial charge >= 0.3 is 0 Å². The van der Waals surface area contributed by atoms with Gasteiger partial charge in [-0.1, -0.05) is 15.9 Å². The molecule has 0 fully saturated rings. The molecular weight excluding hydrogens is 247 g/mol. The number of fused-ring (bicyclic) bond motifs is 1. The fourth-order valence-electron chi connectivity index (χ4n) is 1.41. The van der Waals surface area contributed by atoms with Crippen LogP contribution in [0.1, 0.15) is 0 Å². The molecule has 4 heteroatoms. The monoisotopic (exact) mass is 254 g/mol. The highest BCUT2D eigenvalue weighted by molar-refractivity contribution is 9.10. The maximum atomic E-state index is 13.4. The molecule has 0 aliphatic carbocycles. The summed E-state index contributed by atoms with van der Waals surface area (Å²) in [4.78, 5) is 4.12. The summed E-state index contributed by atoms with van der Waals surface area (Å²) in [6.07, 6.45) is 1.59. The third kappa shape index (κ3) is 1.35. The molecule has 1 heterocycles. The highest BCUT2D eigenvalue weighted by Crippen LogP contribution is 2.30. The van der Waals surface area contributed by atoms with Crippen molar-refractivity contribution in [1.29, 1.82) is 0 Å². The Balaban J connectivity index is 2.92. The highest BCUT2D eigenvalue weighted by Gasteiger charge is 2.08. The Hall–Kier alpha value is -1.16. The Bertz CT molecular complexity index is 485. The molecule has 1 aromatic heterocycles. The number of aromatic nitrogens is 1. The van der Waals surface area contributed by atoms with Crippen LogP contribution in [-0.4, -0.2) is 12.0 Å². The molecular formula is C10H8BrFN2. The van der Waals surface area contributed by atoms with Crippen LogP contribution in [-0.2, 0) is 0 Å². The summed E-state index contributed by atoms with van der Waals surface area (Å²) in [6.45, 7) is 0. The molecule has 0 amide bonds. The second kappa shape index (κ2) is 3.53. The Morgan fingerprint density at radius 3 is 2.86 bits per heavy atom. The first-order valence-corrected chi connectivity index (χ1v) is 4.94. The van der Waals surface area contributed by atoms with E-state index in [-0.39, 0.29) is 5.82 Å². The van der Waals surface area contributed by atoms with Crippen molar-refractivity contribution in [1.82, 2.24) is 4.98 Å². The largest absolute Gasteiger partial charge is 0.373 e. The quantitative estimate of drug-likeness (QED) is 0.846. The van der Waals surface area contributed by atoms with Crippen LogP contribution in [0.15, 0.2) is 28.9 Å². The zero-order valence-corrected chi connectivity index (χ0v) is 9.10. The van der Waals surface area contributed by atoms with E-state index < -0.39 is 0 Å². The molecule has 72 valence electrons. The molecule has 0 bridgehead atoms. The number of hydrogen-bond acceptors (Lipinski definition) is 2. The summed E-state index contributed by atoms with van der Waals surface area (Å²) in [5, 5.41) is 4.27. The summed E-state index contributed by atoms with van der Waals surface area (Å²) in [7, 11) is 1.76. The number of nitrogens with zero attached hydrogens (tertiary/aromatic N) is 1. The third-order valence-corrected chi connectivity index (χ3v) is 2.72. The SMILES string of the molecule is CNc1nccc2c(F)ccc(Br)c12. The number of anilines is 1. The lowest BCUT2D eigenvalue weighted by molar-refractivity contribution is 0.639. The molecule has 14 heavy (non-hydrogen) atoms. The summed E-state index contributed by atoms with van der Waals surface area (Å²) in [6, 6.07) is 4.78. The van der Waals surface area contributed by atoms with Crippen molar-refractivity contribution >= 4 is 32.5 Å². The summed E-state index contributed by atoms with van der Waals surface area (Å²) >= 11 is 3.38. The molecule has 0 atom stereocenters. The van der Waals surface area contributed by atoms with Crippen LogP contribution < -0.4 is 5.32 Å². The minimum absolute atomic E-state index is 0.234. The third-order valence-electron chi connectivity index (χ3n) is 2.06. The van der Waals surface area contributed by atoms with Crippen LogP contribution in [0.25, 0.3) is 10.8 Å². The van der Waals surface area contributed by atoms with Gasteiger partial charge in [0.05, 0.1) is 0 Å². The molecule has 0 aliphatic heterocycles. The number of benzene rings is 1. The van der Waals surface area contributed by atoms with Crippen molar-refractivity contribution < 1.29 is 4.39 Å². The fourth-order valence-corrected chi connectivity index (χ4v) is 1.95. The van der Waals surface area contributed by atoms with Crippen molar-refractivity contribution in [2.24, 2.45) is 0 Å². The van der Waals surface area contributed by atoms with Gasteiger partial charge in [0.2, 0.25) is 0 Å². The first kappa shape index (κ1) is 9.40. The Morgan fingerprint density at radius 1 is 1.36 bits per heavy atom. The molecule has 0 aliphatic rings. The first-order valence-electron chi connectivity index (χ1n) is 4.14. The molecule has 1 N–H and O–H groups in total. The number of halogens is 2. The Kier molecular flexibility index (Phi) is 2.37. The maximum absolute atomic E-state index is 13.4. The van der Waals surface area contributed by atoms with Gasteiger partial charge in [-0.3, -0.25) is 0 Å². The van der Waals surface area contributed by atoms with Gasteiger partial charge in [-0.15, -0.1) is 0 Å². The van der Waals surface area contributed by atoms with Crippen molar-refractivity contribution in [3.8, 4) is 0 Å². The van der Waals surface area contributed by atoms with Gasteiger partial charge < -0.3 is 5.32 Å². The van der Waals surface area contributed by atoms with Crippen molar-refractivity contribution in [2.75, 3.05) is 12.4 Å². The molecule has 0 radical (unpaired) electrons. The van der Waals surface area contributed by atoms with Gasteiger partial charge in [-0.25, -0.2) is 9.37 Å². The van der Waals surface area contributed by atoms with E-state index in [1.54, 1.807) is 25.4 Å². The predicted octanol–water partition coefficient (Wildman–Crippen LogP) is 3.18. The molecule has 1 aromatic carbocycles. The lowest BCUT2D eigenvalue weighted by Gasteiger charge is -2.06. The van der Waals surface area contributed by atoms with Gasteiger partial charge in [0.15, 0.2) is 0 Å². The standard InChI is InChI=1S/C10H8BrFN2/c1-13-10-9-6(4-5-14-10)8(12)3-2-7(9)11/h2-5H,1H3,(H,13,14). The summed E-state index contributed by atoms with van der Waals surface area (Å²) in [5.74, 6) is 0.441. The Labute approximate surface area is 89.3 Å². The van der Waals surface area contributed by atoms with Gasteiger partial charge in [0.1, 0.15) is 11.6 Å². The van der Waals surface area contributed by atoms with Gasteiger partial charge in [0.25, 0.3) is 0 Å². The van der Waals surface area contributed by atoms with Crippen molar-refractivity contribution in [2.45, 2.75) is 0 Å². The van der Waals surface area contributed by atoms with Crippen molar-refractivity contribution in [3.05, 3.63) is 34.7 Å². The number of rotatable bonds is 1. The van der Waals surface area contributed by atoms with E-state index in [0.717, 1.165) is 9.86 Å². The second-order valence-corrected chi connectivity index (χ2v) is 3.72. The van der Waals surface area contributed by atoms with E-state index >= 15 is 0 Å². The molecule has 0 saturated carbocycles. The normalized spacial score (nSPS) is 10.5. The minimum Gasteiger partial charge on any atom is -0.373 e. The van der Waals surface area contributed by atoms with Crippen LogP contribution in [0, 0.1) is 5.82 Å². The first-order chi connectivity index (χ1) is 6.74. The van der Waals surface area contributed by atoms with E-state index in [0.29, 0.717) is 11.2 Å².